The van der Waals surface area contributed by atoms with E-state index in [0.29, 0.717) is 6.10 Å². The third-order valence-corrected chi connectivity index (χ3v) is 4.77. The van der Waals surface area contributed by atoms with Gasteiger partial charge in [-0.25, -0.2) is 0 Å². The van der Waals surface area contributed by atoms with Crippen LogP contribution in [0.25, 0.3) is 0 Å². The van der Waals surface area contributed by atoms with E-state index in [1.54, 1.807) is 20.9 Å². The summed E-state index contributed by atoms with van der Waals surface area (Å²) in [5, 5.41) is 3.24. The van der Waals surface area contributed by atoms with Crippen molar-refractivity contribution in [2.75, 3.05) is 20.2 Å². The molecule has 2 aliphatic rings. The van der Waals surface area contributed by atoms with Crippen LogP contribution in [-0.4, -0.2) is 20.2 Å². The molecule has 1 aromatic rings. The molecule has 0 amide bonds. The van der Waals surface area contributed by atoms with Gasteiger partial charge in [-0.15, -0.1) is 11.3 Å². The van der Waals surface area contributed by atoms with Gasteiger partial charge in [-0.2, -0.15) is 0 Å². The fraction of sp³-hybridized carbons (Fsp3) is 0.667. The highest BCUT2D eigenvalue weighted by molar-refractivity contribution is 7.12. The number of nitrogens with one attached hydrogen (secondary N) is 1. The van der Waals surface area contributed by atoms with E-state index in [9.17, 15) is 0 Å². The van der Waals surface area contributed by atoms with Gasteiger partial charge in [0, 0.05) is 22.7 Å². The summed E-state index contributed by atoms with van der Waals surface area (Å²) in [4.78, 5) is 3.25. The van der Waals surface area contributed by atoms with E-state index in [0.717, 1.165) is 19.6 Å². The highest BCUT2D eigenvalue weighted by atomic mass is 32.1. The van der Waals surface area contributed by atoms with Crippen LogP contribution in [0.2, 0.25) is 0 Å². The Kier molecular flexibility index (Phi) is 2.54. The molecule has 3 heteroatoms. The molecule has 2 heterocycles. The quantitative estimate of drug-likeness (QED) is 0.828. The Morgan fingerprint density at radius 3 is 3.13 bits per heavy atom. The molecule has 1 aliphatic heterocycles. The third-order valence-electron chi connectivity index (χ3n) is 3.40. The summed E-state index contributed by atoms with van der Waals surface area (Å²) >= 11 is 2.05. The summed E-state index contributed by atoms with van der Waals surface area (Å²) in [6.45, 7) is 1.86. The van der Waals surface area contributed by atoms with Gasteiger partial charge >= 0.3 is 0 Å². The van der Waals surface area contributed by atoms with Gasteiger partial charge in [0.2, 0.25) is 0 Å². The first-order valence-corrected chi connectivity index (χ1v) is 6.61. The summed E-state index contributed by atoms with van der Waals surface area (Å²) in [5.74, 6) is 0. The topological polar surface area (TPSA) is 21.3 Å². The lowest BCUT2D eigenvalue weighted by atomic mass is 10.00. The zero-order valence-corrected chi connectivity index (χ0v) is 9.95. The van der Waals surface area contributed by atoms with E-state index in [1.165, 1.54) is 19.3 Å². The highest BCUT2D eigenvalue weighted by Gasteiger charge is 2.29. The Morgan fingerprint density at radius 1 is 1.33 bits per heavy atom. The summed E-state index contributed by atoms with van der Waals surface area (Å²) in [6, 6.07) is 0. The molecular weight excluding hydrogens is 206 g/mol. The van der Waals surface area contributed by atoms with Crippen LogP contribution in [0.4, 0.5) is 0 Å². The summed E-state index contributed by atoms with van der Waals surface area (Å²) in [6.07, 6.45) is 5.38. The van der Waals surface area contributed by atoms with Gasteiger partial charge in [0.05, 0.1) is 12.7 Å². The lowest BCUT2D eigenvalue weighted by Crippen LogP contribution is -2.25. The maximum atomic E-state index is 5.87. The summed E-state index contributed by atoms with van der Waals surface area (Å²) < 4.78 is 5.87. The van der Waals surface area contributed by atoms with Gasteiger partial charge in [0.15, 0.2) is 0 Å². The van der Waals surface area contributed by atoms with Crippen molar-refractivity contribution in [1.82, 2.24) is 5.32 Å². The Labute approximate surface area is 94.6 Å². The van der Waals surface area contributed by atoms with E-state index in [1.807, 2.05) is 18.4 Å². The Balaban J connectivity index is 2.01. The van der Waals surface area contributed by atoms with E-state index < -0.39 is 0 Å². The standard InChI is InChI=1S/C12H17NOS/c1-13-7-9-12-8-3-2-4-10(8)15-11(12)5-6-14-9/h9,13H,2-7H2,1H3. The number of rotatable bonds is 2. The van der Waals surface area contributed by atoms with E-state index in [2.05, 4.69) is 5.32 Å². The zero-order chi connectivity index (χ0) is 10.3. The van der Waals surface area contributed by atoms with Crippen LogP contribution in [-0.2, 0) is 24.0 Å². The molecule has 1 aliphatic carbocycles. The molecule has 82 valence electrons. The first kappa shape index (κ1) is 9.82. The van der Waals surface area contributed by atoms with Gasteiger partial charge in [-0.05, 0) is 37.4 Å². The maximum Gasteiger partial charge on any atom is 0.0962 e. The van der Waals surface area contributed by atoms with Gasteiger partial charge < -0.3 is 10.1 Å². The molecule has 3 rings (SSSR count). The average molecular weight is 223 g/mol. The molecule has 0 aromatic carbocycles. The van der Waals surface area contributed by atoms with Gasteiger partial charge in [0.1, 0.15) is 0 Å². The van der Waals surface area contributed by atoms with Crippen molar-refractivity contribution in [2.24, 2.45) is 0 Å². The predicted octanol–water partition coefficient (Wildman–Crippen LogP) is 2.07. The Morgan fingerprint density at radius 2 is 2.27 bits per heavy atom. The number of fused-ring (bicyclic) bond motifs is 3. The van der Waals surface area contributed by atoms with Crippen LogP contribution in [0.1, 0.15) is 33.4 Å². The van der Waals surface area contributed by atoms with Crippen molar-refractivity contribution in [2.45, 2.75) is 31.8 Å². The lowest BCUT2D eigenvalue weighted by molar-refractivity contribution is 0.0445. The molecule has 0 saturated carbocycles. The van der Waals surface area contributed by atoms with Crippen molar-refractivity contribution in [3.05, 3.63) is 20.9 Å². The minimum Gasteiger partial charge on any atom is -0.372 e. The van der Waals surface area contributed by atoms with E-state index in [-0.39, 0.29) is 0 Å². The van der Waals surface area contributed by atoms with Gasteiger partial charge in [0.25, 0.3) is 0 Å². The summed E-state index contributed by atoms with van der Waals surface area (Å²) in [7, 11) is 2.00. The predicted molar refractivity (Wildman–Crippen MR) is 62.7 cm³/mol. The molecule has 1 unspecified atom stereocenters. The minimum atomic E-state index is 0.317. The second kappa shape index (κ2) is 3.89. The first-order chi connectivity index (χ1) is 7.40. The Hall–Kier alpha value is -0.380. The molecule has 0 bridgehead atoms. The number of ether oxygens (including phenoxy) is 1. The number of hydrogen-bond donors (Lipinski definition) is 1. The maximum absolute atomic E-state index is 5.87. The van der Waals surface area contributed by atoms with Crippen LogP contribution < -0.4 is 5.32 Å². The molecule has 1 atom stereocenters. The highest BCUT2D eigenvalue weighted by Crippen LogP contribution is 2.41. The van der Waals surface area contributed by atoms with Crippen molar-refractivity contribution >= 4 is 11.3 Å². The summed E-state index contributed by atoms with van der Waals surface area (Å²) in [5.41, 5.74) is 3.18. The van der Waals surface area contributed by atoms with Crippen molar-refractivity contribution in [1.29, 1.82) is 0 Å². The monoisotopic (exact) mass is 223 g/mol. The van der Waals surface area contributed by atoms with Crippen LogP contribution >= 0.6 is 11.3 Å². The van der Waals surface area contributed by atoms with Crippen LogP contribution in [0, 0.1) is 0 Å². The first-order valence-electron chi connectivity index (χ1n) is 5.79. The number of aryl methyl sites for hydroxylation is 1. The SMILES string of the molecule is CNCC1OCCc2sc3c(c21)CCC3. The Bertz CT molecular complexity index is 372. The molecular formula is C12H17NOS. The van der Waals surface area contributed by atoms with Gasteiger partial charge in [-0.1, -0.05) is 0 Å². The largest absolute Gasteiger partial charge is 0.372 e. The number of thiophene rings is 1. The normalized spacial score (nSPS) is 23.9. The van der Waals surface area contributed by atoms with Gasteiger partial charge in [-0.3, -0.25) is 0 Å². The second-order valence-corrected chi connectivity index (χ2v) is 5.55. The second-order valence-electron chi connectivity index (χ2n) is 4.36. The molecule has 0 radical (unpaired) electrons. The molecule has 15 heavy (non-hydrogen) atoms. The third kappa shape index (κ3) is 1.53. The van der Waals surface area contributed by atoms with E-state index >= 15 is 0 Å². The molecule has 1 aromatic heterocycles. The fourth-order valence-corrected chi connectivity index (χ4v) is 4.20. The number of hydrogen-bond acceptors (Lipinski definition) is 3. The van der Waals surface area contributed by atoms with Crippen molar-refractivity contribution < 1.29 is 4.74 Å². The average Bonchev–Trinajstić information content (AvgIpc) is 2.77. The fourth-order valence-electron chi connectivity index (χ4n) is 2.77. The smallest absolute Gasteiger partial charge is 0.0962 e. The molecule has 1 N–H and O–H groups in total. The number of likely N-dealkylation sites (N-methyl/N-ethyl adjacent to an activating group) is 1. The zero-order valence-electron chi connectivity index (χ0n) is 9.14. The van der Waals surface area contributed by atoms with Crippen molar-refractivity contribution in [3.8, 4) is 0 Å². The molecule has 2 nitrogen and oxygen atoms in total. The van der Waals surface area contributed by atoms with Crippen LogP contribution in [0.5, 0.6) is 0 Å². The molecule has 0 spiro atoms. The van der Waals surface area contributed by atoms with Crippen LogP contribution in [0.15, 0.2) is 0 Å². The minimum absolute atomic E-state index is 0.317. The lowest BCUT2D eigenvalue weighted by Gasteiger charge is -2.24. The molecule has 0 fully saturated rings. The van der Waals surface area contributed by atoms with Crippen LogP contribution in [0.3, 0.4) is 0 Å². The van der Waals surface area contributed by atoms with Crippen molar-refractivity contribution in [3.63, 3.8) is 0 Å². The van der Waals surface area contributed by atoms with E-state index in [4.69, 9.17) is 4.74 Å². The molecule has 0 saturated heterocycles.